The van der Waals surface area contributed by atoms with Crippen LogP contribution in [0, 0.1) is 0 Å². The van der Waals surface area contributed by atoms with Crippen molar-refractivity contribution in [1.29, 1.82) is 0 Å². The predicted molar refractivity (Wildman–Crippen MR) is 67.7 cm³/mol. The van der Waals surface area contributed by atoms with E-state index in [1.807, 2.05) is 29.0 Å². The number of aldehydes is 1. The molecule has 0 aliphatic heterocycles. The summed E-state index contributed by atoms with van der Waals surface area (Å²) in [6.45, 7) is 6.36. The molecule has 0 fully saturated rings. The molecule has 3 nitrogen and oxygen atoms in total. The molecule has 1 heterocycles. The Bertz CT molecular complexity index is 535. The monoisotopic (exact) mass is 228 g/mol. The van der Waals surface area contributed by atoms with Crippen molar-refractivity contribution in [2.24, 2.45) is 0 Å². The Hall–Kier alpha value is -1.90. The molecular weight excluding hydrogens is 212 g/mol. The van der Waals surface area contributed by atoms with Crippen molar-refractivity contribution in [2.75, 3.05) is 0 Å². The lowest BCUT2D eigenvalue weighted by Crippen LogP contribution is -2.18. The second-order valence-electron chi connectivity index (χ2n) is 5.08. The molecule has 2 aromatic rings. The number of hydrogen-bond donors (Lipinski definition) is 0. The van der Waals surface area contributed by atoms with Gasteiger partial charge in [0.05, 0.1) is 0 Å². The summed E-state index contributed by atoms with van der Waals surface area (Å²) >= 11 is 0. The molecule has 0 saturated heterocycles. The topological polar surface area (TPSA) is 34.9 Å². The maximum Gasteiger partial charge on any atom is 0.150 e. The summed E-state index contributed by atoms with van der Waals surface area (Å²) in [4.78, 5) is 15.2. The first-order valence-corrected chi connectivity index (χ1v) is 5.62. The van der Waals surface area contributed by atoms with Gasteiger partial charge < -0.3 is 4.57 Å². The molecule has 0 bridgehead atoms. The highest BCUT2D eigenvalue weighted by molar-refractivity contribution is 5.75. The van der Waals surface area contributed by atoms with Gasteiger partial charge in [0, 0.05) is 29.1 Å². The van der Waals surface area contributed by atoms with Crippen molar-refractivity contribution in [3.05, 3.63) is 48.0 Å². The highest BCUT2D eigenvalue weighted by atomic mass is 16.1. The van der Waals surface area contributed by atoms with Gasteiger partial charge in [0.2, 0.25) is 0 Å². The van der Waals surface area contributed by atoms with Crippen LogP contribution < -0.4 is 0 Å². The fraction of sp³-hybridized carbons (Fsp3) is 0.286. The second kappa shape index (κ2) is 4.17. The molecule has 17 heavy (non-hydrogen) atoms. The Kier molecular flexibility index (Phi) is 2.84. The third-order valence-electron chi connectivity index (χ3n) is 2.60. The normalized spacial score (nSPS) is 11.5. The first kappa shape index (κ1) is 11.6. The Morgan fingerprint density at radius 2 is 2.06 bits per heavy atom. The van der Waals surface area contributed by atoms with Gasteiger partial charge in [0.15, 0.2) is 0 Å². The van der Waals surface area contributed by atoms with Crippen molar-refractivity contribution in [1.82, 2.24) is 9.55 Å². The first-order chi connectivity index (χ1) is 8.02. The number of benzene rings is 1. The molecule has 0 unspecified atom stereocenters. The summed E-state index contributed by atoms with van der Waals surface area (Å²) < 4.78 is 2.02. The van der Waals surface area contributed by atoms with Crippen molar-refractivity contribution in [3.8, 4) is 5.69 Å². The summed E-state index contributed by atoms with van der Waals surface area (Å²) in [5.41, 5.74) is 1.62. The molecule has 0 spiro atoms. The van der Waals surface area contributed by atoms with E-state index in [4.69, 9.17) is 0 Å². The number of aromatic nitrogens is 2. The van der Waals surface area contributed by atoms with Crippen molar-refractivity contribution in [3.63, 3.8) is 0 Å². The van der Waals surface area contributed by atoms with Crippen LogP contribution in [-0.4, -0.2) is 15.8 Å². The van der Waals surface area contributed by atoms with Gasteiger partial charge in [-0.1, -0.05) is 32.9 Å². The van der Waals surface area contributed by atoms with E-state index >= 15 is 0 Å². The van der Waals surface area contributed by atoms with E-state index in [9.17, 15) is 4.79 Å². The molecule has 2 rings (SSSR count). The zero-order valence-electron chi connectivity index (χ0n) is 10.3. The number of carbonyl (C=O) groups excluding carboxylic acids is 1. The smallest absolute Gasteiger partial charge is 0.150 e. The molecule has 0 saturated carbocycles. The highest BCUT2D eigenvalue weighted by Crippen LogP contribution is 2.23. The van der Waals surface area contributed by atoms with Crippen LogP contribution in [0.4, 0.5) is 0 Å². The summed E-state index contributed by atoms with van der Waals surface area (Å²) in [6.07, 6.45) is 4.57. The van der Waals surface area contributed by atoms with Crippen LogP contribution in [0.3, 0.4) is 0 Å². The molecule has 0 N–H and O–H groups in total. The lowest BCUT2D eigenvalue weighted by molar-refractivity contribution is 0.112. The molecule has 0 aliphatic carbocycles. The van der Waals surface area contributed by atoms with Crippen LogP contribution >= 0.6 is 0 Å². The van der Waals surface area contributed by atoms with Crippen molar-refractivity contribution < 1.29 is 4.79 Å². The SMILES string of the molecule is CC(C)(C)c1nccn1-c1cccc(C=O)c1. The van der Waals surface area contributed by atoms with Gasteiger partial charge in [0.25, 0.3) is 0 Å². The molecule has 1 aromatic heterocycles. The second-order valence-corrected chi connectivity index (χ2v) is 5.08. The van der Waals surface area contributed by atoms with Gasteiger partial charge in [-0.3, -0.25) is 4.79 Å². The Morgan fingerprint density at radius 1 is 1.29 bits per heavy atom. The van der Waals surface area contributed by atoms with Gasteiger partial charge in [-0.05, 0) is 12.1 Å². The Balaban J connectivity index is 2.53. The summed E-state index contributed by atoms with van der Waals surface area (Å²) in [6, 6.07) is 7.52. The Morgan fingerprint density at radius 3 is 2.71 bits per heavy atom. The number of imidazole rings is 1. The van der Waals surface area contributed by atoms with E-state index < -0.39 is 0 Å². The van der Waals surface area contributed by atoms with E-state index in [2.05, 4.69) is 25.8 Å². The van der Waals surface area contributed by atoms with Crippen LogP contribution in [0.1, 0.15) is 37.0 Å². The minimum absolute atomic E-state index is 0.0271. The van der Waals surface area contributed by atoms with Gasteiger partial charge in [-0.15, -0.1) is 0 Å². The highest BCUT2D eigenvalue weighted by Gasteiger charge is 2.20. The minimum atomic E-state index is -0.0271. The van der Waals surface area contributed by atoms with E-state index in [-0.39, 0.29) is 5.41 Å². The number of hydrogen-bond acceptors (Lipinski definition) is 2. The standard InChI is InChI=1S/C14H16N2O/c1-14(2,3)13-15-7-8-16(13)12-6-4-5-11(9-12)10-17/h4-10H,1-3H3. The number of nitrogens with zero attached hydrogens (tertiary/aromatic N) is 2. The predicted octanol–water partition coefficient (Wildman–Crippen LogP) is 2.98. The molecule has 0 radical (unpaired) electrons. The zero-order chi connectivity index (χ0) is 12.5. The van der Waals surface area contributed by atoms with Crippen molar-refractivity contribution in [2.45, 2.75) is 26.2 Å². The maximum atomic E-state index is 10.8. The summed E-state index contributed by atoms with van der Waals surface area (Å²) in [5, 5.41) is 0. The third kappa shape index (κ3) is 2.28. The third-order valence-corrected chi connectivity index (χ3v) is 2.60. The lowest BCUT2D eigenvalue weighted by Gasteiger charge is -2.19. The molecule has 1 aromatic carbocycles. The lowest BCUT2D eigenvalue weighted by atomic mass is 9.95. The van der Waals surface area contributed by atoms with E-state index in [1.54, 1.807) is 12.3 Å². The van der Waals surface area contributed by atoms with Crippen LogP contribution in [-0.2, 0) is 5.41 Å². The molecule has 88 valence electrons. The largest absolute Gasteiger partial charge is 0.303 e. The fourth-order valence-corrected chi connectivity index (χ4v) is 1.81. The maximum absolute atomic E-state index is 10.8. The average molecular weight is 228 g/mol. The van der Waals surface area contributed by atoms with Crippen molar-refractivity contribution >= 4 is 6.29 Å². The van der Waals surface area contributed by atoms with E-state index in [1.165, 1.54) is 0 Å². The quantitative estimate of drug-likeness (QED) is 0.741. The first-order valence-electron chi connectivity index (χ1n) is 5.62. The van der Waals surface area contributed by atoms with Gasteiger partial charge in [-0.2, -0.15) is 0 Å². The van der Waals surface area contributed by atoms with E-state index in [0.29, 0.717) is 5.56 Å². The summed E-state index contributed by atoms with van der Waals surface area (Å²) in [5.74, 6) is 0.987. The molecule has 0 aliphatic rings. The van der Waals surface area contributed by atoms with E-state index in [0.717, 1.165) is 17.8 Å². The van der Waals surface area contributed by atoms with Gasteiger partial charge >= 0.3 is 0 Å². The van der Waals surface area contributed by atoms with Crippen LogP contribution in [0.2, 0.25) is 0 Å². The van der Waals surface area contributed by atoms with Crippen LogP contribution in [0.15, 0.2) is 36.7 Å². The molecule has 0 atom stereocenters. The van der Waals surface area contributed by atoms with Crippen LogP contribution in [0.5, 0.6) is 0 Å². The Labute approximate surface area is 101 Å². The molecule has 3 heteroatoms. The number of rotatable bonds is 2. The summed E-state index contributed by atoms with van der Waals surface area (Å²) in [7, 11) is 0. The van der Waals surface area contributed by atoms with Gasteiger partial charge in [-0.25, -0.2) is 4.98 Å². The zero-order valence-corrected chi connectivity index (χ0v) is 10.3. The van der Waals surface area contributed by atoms with Crippen LogP contribution in [0.25, 0.3) is 5.69 Å². The fourth-order valence-electron chi connectivity index (χ4n) is 1.81. The number of carbonyl (C=O) groups is 1. The molecular formula is C14H16N2O. The minimum Gasteiger partial charge on any atom is -0.303 e. The molecule has 0 amide bonds. The average Bonchev–Trinajstić information content (AvgIpc) is 2.77. The van der Waals surface area contributed by atoms with Gasteiger partial charge in [0.1, 0.15) is 12.1 Å².